The Morgan fingerprint density at radius 1 is 1.20 bits per heavy atom. The van der Waals surface area contributed by atoms with E-state index in [0.29, 0.717) is 5.56 Å². The van der Waals surface area contributed by atoms with Gasteiger partial charge < -0.3 is 10.1 Å². The van der Waals surface area contributed by atoms with Crippen LogP contribution in [0.3, 0.4) is 0 Å². The molecule has 7 nitrogen and oxygen atoms in total. The molecule has 3 amide bonds. The second-order valence-electron chi connectivity index (χ2n) is 5.97. The Kier molecular flexibility index (Phi) is 5.60. The summed E-state index contributed by atoms with van der Waals surface area (Å²) in [5, 5.41) is 4.95. The molecule has 132 valence electrons. The number of benzene rings is 1. The van der Waals surface area contributed by atoms with Crippen molar-refractivity contribution in [1.29, 1.82) is 0 Å². The number of esters is 1. The minimum Gasteiger partial charge on any atom is -0.452 e. The molecule has 8 heteroatoms. The number of urea groups is 1. The number of nitrogens with one attached hydrogen (secondary N) is 2. The zero-order valence-electron chi connectivity index (χ0n) is 13.6. The minimum absolute atomic E-state index is 0.107. The van der Waals surface area contributed by atoms with E-state index in [2.05, 4.69) is 15.6 Å². The Balaban J connectivity index is 1.44. The fourth-order valence-electron chi connectivity index (χ4n) is 2.83. The van der Waals surface area contributed by atoms with E-state index in [1.807, 2.05) is 0 Å². The Hall–Kier alpha value is -2.48. The first kappa shape index (κ1) is 17.3. The summed E-state index contributed by atoms with van der Waals surface area (Å²) < 4.78 is 5.83. The number of ether oxygens (including phenoxy) is 1. The molecule has 0 saturated heterocycles. The minimum atomic E-state index is -0.652. The van der Waals surface area contributed by atoms with Crippen LogP contribution < -0.4 is 10.6 Å². The number of carbonyl (C=O) groups excluding carboxylic acids is 3. The summed E-state index contributed by atoms with van der Waals surface area (Å²) in [6, 6.07) is 4.55. The van der Waals surface area contributed by atoms with Crippen LogP contribution in [0.5, 0.6) is 0 Å². The van der Waals surface area contributed by atoms with Gasteiger partial charge in [-0.25, -0.2) is 14.6 Å². The van der Waals surface area contributed by atoms with Gasteiger partial charge in [0.25, 0.3) is 5.91 Å². The number of fused-ring (bicyclic) bond motifs is 1. The molecule has 1 aliphatic rings. The summed E-state index contributed by atoms with van der Waals surface area (Å²) in [6.45, 7) is -0.502. The van der Waals surface area contributed by atoms with Crippen LogP contribution in [-0.4, -0.2) is 35.5 Å². The highest BCUT2D eigenvalue weighted by atomic mass is 32.1. The molecule has 2 aromatic rings. The zero-order valence-corrected chi connectivity index (χ0v) is 14.4. The maximum atomic E-state index is 12.0. The summed E-state index contributed by atoms with van der Waals surface area (Å²) in [5.74, 6) is -1.27. The number of amides is 3. The average Bonchev–Trinajstić information content (AvgIpc) is 3.08. The lowest BCUT2D eigenvalue weighted by Crippen LogP contribution is -2.46. The molecule has 1 aromatic heterocycles. The molecule has 0 unspecified atom stereocenters. The first-order chi connectivity index (χ1) is 12.1. The molecule has 0 aliphatic heterocycles. The third kappa shape index (κ3) is 4.76. The monoisotopic (exact) mass is 361 g/mol. The molecule has 1 saturated carbocycles. The number of nitrogens with zero attached hydrogens (tertiary/aromatic N) is 1. The van der Waals surface area contributed by atoms with Gasteiger partial charge in [-0.3, -0.25) is 10.1 Å². The van der Waals surface area contributed by atoms with Gasteiger partial charge in [0.2, 0.25) is 0 Å². The molecule has 1 aliphatic carbocycles. The fraction of sp³-hybridized carbons (Fsp3) is 0.412. The molecule has 1 fully saturated rings. The number of imide groups is 1. The van der Waals surface area contributed by atoms with Gasteiger partial charge in [0.15, 0.2) is 6.61 Å². The summed E-state index contributed by atoms with van der Waals surface area (Å²) in [7, 11) is 0. The lowest BCUT2D eigenvalue weighted by Gasteiger charge is -2.22. The van der Waals surface area contributed by atoms with Crippen LogP contribution in [0.2, 0.25) is 0 Å². The normalized spacial score (nSPS) is 14.9. The number of thiazole rings is 1. The topological polar surface area (TPSA) is 97.4 Å². The summed E-state index contributed by atoms with van der Waals surface area (Å²) in [6.07, 6.45) is 5.20. The van der Waals surface area contributed by atoms with Gasteiger partial charge in [0.05, 0.1) is 21.3 Å². The largest absolute Gasteiger partial charge is 0.452 e. The Labute approximate surface area is 148 Å². The zero-order chi connectivity index (χ0) is 17.6. The number of hydrogen-bond donors (Lipinski definition) is 2. The molecule has 0 bridgehead atoms. The van der Waals surface area contributed by atoms with Crippen molar-refractivity contribution in [3.8, 4) is 0 Å². The second-order valence-corrected chi connectivity index (χ2v) is 6.85. The van der Waals surface area contributed by atoms with Crippen LogP contribution in [0.1, 0.15) is 42.5 Å². The maximum Gasteiger partial charge on any atom is 0.338 e. The standard InChI is InChI=1S/C17H19N3O4S/c21-15(20-17(23)19-12-4-2-1-3-5-12)9-24-16(22)11-6-7-13-14(8-11)25-10-18-13/h6-8,10,12H,1-5,9H2,(H2,19,20,21,23). The average molecular weight is 361 g/mol. The molecule has 0 radical (unpaired) electrons. The molecular formula is C17H19N3O4S. The van der Waals surface area contributed by atoms with Crippen molar-refractivity contribution in [2.24, 2.45) is 0 Å². The molecular weight excluding hydrogens is 342 g/mol. The maximum absolute atomic E-state index is 12.0. The van der Waals surface area contributed by atoms with Crippen LogP contribution in [-0.2, 0) is 9.53 Å². The van der Waals surface area contributed by atoms with Gasteiger partial charge in [-0.1, -0.05) is 19.3 Å². The first-order valence-electron chi connectivity index (χ1n) is 8.22. The van der Waals surface area contributed by atoms with Gasteiger partial charge >= 0.3 is 12.0 Å². The Morgan fingerprint density at radius 3 is 2.80 bits per heavy atom. The fourth-order valence-corrected chi connectivity index (χ4v) is 3.54. The van der Waals surface area contributed by atoms with Crippen molar-refractivity contribution < 1.29 is 19.1 Å². The Bertz CT molecular complexity index is 783. The van der Waals surface area contributed by atoms with Gasteiger partial charge in [-0.05, 0) is 31.0 Å². The first-order valence-corrected chi connectivity index (χ1v) is 9.10. The van der Waals surface area contributed by atoms with Gasteiger partial charge in [-0.2, -0.15) is 0 Å². The van der Waals surface area contributed by atoms with E-state index in [9.17, 15) is 14.4 Å². The number of rotatable bonds is 4. The van der Waals surface area contributed by atoms with Crippen molar-refractivity contribution >= 4 is 39.5 Å². The van der Waals surface area contributed by atoms with E-state index < -0.39 is 24.5 Å². The summed E-state index contributed by atoms with van der Waals surface area (Å²) >= 11 is 1.42. The van der Waals surface area contributed by atoms with E-state index in [0.717, 1.165) is 35.9 Å². The molecule has 1 heterocycles. The van der Waals surface area contributed by atoms with Gasteiger partial charge in [0, 0.05) is 6.04 Å². The molecule has 0 atom stereocenters. The quantitative estimate of drug-likeness (QED) is 0.816. The van der Waals surface area contributed by atoms with Crippen molar-refractivity contribution in [2.45, 2.75) is 38.1 Å². The lowest BCUT2D eigenvalue weighted by molar-refractivity contribution is -0.123. The highest BCUT2D eigenvalue weighted by molar-refractivity contribution is 7.16. The number of aromatic nitrogens is 1. The highest BCUT2D eigenvalue weighted by Gasteiger charge is 2.18. The van der Waals surface area contributed by atoms with E-state index in [1.54, 1.807) is 23.7 Å². The van der Waals surface area contributed by atoms with Gasteiger partial charge in [0.1, 0.15) is 0 Å². The van der Waals surface area contributed by atoms with Crippen LogP contribution in [0.25, 0.3) is 10.2 Å². The second kappa shape index (κ2) is 8.06. The van der Waals surface area contributed by atoms with E-state index in [1.165, 1.54) is 17.8 Å². The third-order valence-corrected chi connectivity index (χ3v) is 4.89. The van der Waals surface area contributed by atoms with Crippen LogP contribution >= 0.6 is 11.3 Å². The number of carbonyl (C=O) groups is 3. The predicted molar refractivity (Wildman–Crippen MR) is 93.4 cm³/mol. The van der Waals surface area contributed by atoms with E-state index in [4.69, 9.17) is 4.74 Å². The SMILES string of the molecule is O=C(COC(=O)c1ccc2ncsc2c1)NC(=O)NC1CCCCC1. The smallest absolute Gasteiger partial charge is 0.338 e. The summed E-state index contributed by atoms with van der Waals surface area (Å²) in [4.78, 5) is 39.6. The predicted octanol–water partition coefficient (Wildman–Crippen LogP) is 2.61. The van der Waals surface area contributed by atoms with Crippen molar-refractivity contribution in [1.82, 2.24) is 15.6 Å². The van der Waals surface area contributed by atoms with Gasteiger partial charge in [-0.15, -0.1) is 11.3 Å². The highest BCUT2D eigenvalue weighted by Crippen LogP contribution is 2.19. The van der Waals surface area contributed by atoms with Crippen LogP contribution in [0.4, 0.5) is 4.79 Å². The third-order valence-electron chi connectivity index (χ3n) is 4.09. The molecule has 25 heavy (non-hydrogen) atoms. The lowest BCUT2D eigenvalue weighted by atomic mass is 9.96. The van der Waals surface area contributed by atoms with E-state index >= 15 is 0 Å². The van der Waals surface area contributed by atoms with Crippen molar-refractivity contribution in [2.75, 3.05) is 6.61 Å². The Morgan fingerprint density at radius 2 is 2.00 bits per heavy atom. The number of hydrogen-bond acceptors (Lipinski definition) is 6. The summed E-state index contributed by atoms with van der Waals surface area (Å²) in [5.41, 5.74) is 2.84. The van der Waals surface area contributed by atoms with E-state index in [-0.39, 0.29) is 6.04 Å². The molecule has 0 spiro atoms. The van der Waals surface area contributed by atoms with Crippen molar-refractivity contribution in [3.63, 3.8) is 0 Å². The molecule has 3 rings (SSSR count). The molecule has 1 aromatic carbocycles. The molecule has 2 N–H and O–H groups in total. The van der Waals surface area contributed by atoms with Crippen LogP contribution in [0.15, 0.2) is 23.7 Å². The van der Waals surface area contributed by atoms with Crippen LogP contribution in [0, 0.1) is 0 Å². The van der Waals surface area contributed by atoms with Crippen molar-refractivity contribution in [3.05, 3.63) is 29.3 Å².